The molecule has 0 radical (unpaired) electrons. The van der Waals surface area contributed by atoms with Gasteiger partial charge in [-0.3, -0.25) is 0 Å². The summed E-state index contributed by atoms with van der Waals surface area (Å²) in [6.45, 7) is 11.6. The van der Waals surface area contributed by atoms with Crippen molar-refractivity contribution in [3.05, 3.63) is 28.8 Å². The number of ether oxygens (including phenoxy) is 1. The summed E-state index contributed by atoms with van der Waals surface area (Å²) >= 11 is 0. The molecule has 0 aliphatic heterocycles. The van der Waals surface area contributed by atoms with Crippen LogP contribution in [0.1, 0.15) is 62.6 Å². The molecule has 19 heavy (non-hydrogen) atoms. The molecule has 0 amide bonds. The lowest BCUT2D eigenvalue weighted by atomic mass is 9.90. The molecule has 0 fully saturated rings. The fraction of sp³-hybridized carbons (Fsp3) is 0.647. The second-order valence-corrected chi connectivity index (χ2v) is 5.78. The molecule has 0 saturated carbocycles. The topological polar surface area (TPSA) is 35.2 Å². The minimum atomic E-state index is 0.288. The molecule has 0 aliphatic carbocycles. The lowest BCUT2D eigenvalue weighted by Crippen LogP contribution is -2.15. The number of benzene rings is 1. The van der Waals surface area contributed by atoms with Crippen molar-refractivity contribution in [2.45, 2.75) is 65.8 Å². The van der Waals surface area contributed by atoms with Crippen LogP contribution >= 0.6 is 0 Å². The molecule has 2 heteroatoms. The molecule has 0 heterocycles. The van der Waals surface area contributed by atoms with Crippen LogP contribution in [0.5, 0.6) is 5.75 Å². The van der Waals surface area contributed by atoms with E-state index in [2.05, 4.69) is 46.8 Å². The Labute approximate surface area is 118 Å². The lowest BCUT2D eigenvalue weighted by molar-refractivity contribution is 0.315. The summed E-state index contributed by atoms with van der Waals surface area (Å²) in [5, 5.41) is 0. The molecule has 1 rings (SSSR count). The summed E-state index contributed by atoms with van der Waals surface area (Å²) < 4.78 is 5.78. The van der Waals surface area contributed by atoms with Crippen molar-refractivity contribution in [2.24, 2.45) is 5.73 Å². The summed E-state index contributed by atoms with van der Waals surface area (Å²) in [5.74, 6) is 1.59. The number of aryl methyl sites for hydroxylation is 2. The van der Waals surface area contributed by atoms with Crippen LogP contribution in [0.2, 0.25) is 0 Å². The van der Waals surface area contributed by atoms with Crippen molar-refractivity contribution in [3.63, 3.8) is 0 Å². The Kier molecular flexibility index (Phi) is 6.36. The van der Waals surface area contributed by atoms with E-state index in [4.69, 9.17) is 10.5 Å². The maximum absolute atomic E-state index is 5.85. The van der Waals surface area contributed by atoms with E-state index in [9.17, 15) is 0 Å². The van der Waals surface area contributed by atoms with E-state index in [0.29, 0.717) is 5.92 Å². The Balaban J connectivity index is 2.82. The fourth-order valence-corrected chi connectivity index (χ4v) is 2.38. The molecule has 0 aliphatic rings. The quantitative estimate of drug-likeness (QED) is 0.795. The third kappa shape index (κ3) is 4.87. The molecular formula is C17H29NO. The maximum Gasteiger partial charge on any atom is 0.122 e. The molecular weight excluding hydrogens is 234 g/mol. The van der Waals surface area contributed by atoms with E-state index in [-0.39, 0.29) is 6.04 Å². The highest BCUT2D eigenvalue weighted by molar-refractivity contribution is 5.42. The maximum atomic E-state index is 5.85. The summed E-state index contributed by atoms with van der Waals surface area (Å²) in [6.07, 6.45) is 3.27. The molecule has 0 saturated heterocycles. The Hall–Kier alpha value is -1.02. The van der Waals surface area contributed by atoms with Gasteiger partial charge >= 0.3 is 0 Å². The highest BCUT2D eigenvalue weighted by Crippen LogP contribution is 2.30. The molecule has 1 aromatic rings. The van der Waals surface area contributed by atoms with Crippen molar-refractivity contribution >= 4 is 0 Å². The molecule has 0 spiro atoms. The van der Waals surface area contributed by atoms with E-state index < -0.39 is 0 Å². The van der Waals surface area contributed by atoms with Crippen LogP contribution in [0.25, 0.3) is 0 Å². The van der Waals surface area contributed by atoms with Gasteiger partial charge in [-0.1, -0.05) is 19.9 Å². The normalized spacial score (nSPS) is 14.2. The van der Waals surface area contributed by atoms with Crippen molar-refractivity contribution < 1.29 is 4.74 Å². The van der Waals surface area contributed by atoms with Gasteiger partial charge in [0.2, 0.25) is 0 Å². The van der Waals surface area contributed by atoms with Gasteiger partial charge in [0, 0.05) is 6.04 Å². The van der Waals surface area contributed by atoms with Gasteiger partial charge in [-0.05, 0) is 68.7 Å². The number of rotatable bonds is 7. The van der Waals surface area contributed by atoms with Crippen LogP contribution < -0.4 is 10.5 Å². The predicted molar refractivity (Wildman–Crippen MR) is 83.0 cm³/mol. The van der Waals surface area contributed by atoms with E-state index in [1.165, 1.54) is 16.7 Å². The van der Waals surface area contributed by atoms with Gasteiger partial charge in [-0.2, -0.15) is 0 Å². The van der Waals surface area contributed by atoms with Crippen molar-refractivity contribution in [1.82, 2.24) is 0 Å². The van der Waals surface area contributed by atoms with Gasteiger partial charge in [0.1, 0.15) is 5.75 Å². The molecule has 2 N–H and O–H groups in total. The first kappa shape index (κ1) is 16.0. The van der Waals surface area contributed by atoms with Crippen LogP contribution in [0.15, 0.2) is 12.1 Å². The van der Waals surface area contributed by atoms with Gasteiger partial charge in [0.05, 0.1) is 6.61 Å². The van der Waals surface area contributed by atoms with Crippen molar-refractivity contribution in [3.8, 4) is 5.75 Å². The van der Waals surface area contributed by atoms with Crippen LogP contribution in [0.3, 0.4) is 0 Å². The number of hydrogen-bond donors (Lipinski definition) is 1. The summed E-state index contributed by atoms with van der Waals surface area (Å²) in [4.78, 5) is 0. The first-order valence-electron chi connectivity index (χ1n) is 7.45. The largest absolute Gasteiger partial charge is 0.493 e. The second-order valence-electron chi connectivity index (χ2n) is 5.78. The van der Waals surface area contributed by atoms with Gasteiger partial charge < -0.3 is 10.5 Å². The molecule has 1 aromatic carbocycles. The van der Waals surface area contributed by atoms with Gasteiger partial charge in [0.15, 0.2) is 0 Å². The van der Waals surface area contributed by atoms with E-state index in [1.54, 1.807) is 0 Å². The van der Waals surface area contributed by atoms with Gasteiger partial charge in [-0.15, -0.1) is 0 Å². The van der Waals surface area contributed by atoms with Gasteiger partial charge in [0.25, 0.3) is 0 Å². The van der Waals surface area contributed by atoms with E-state index >= 15 is 0 Å². The van der Waals surface area contributed by atoms with Gasteiger partial charge in [-0.25, -0.2) is 0 Å². The van der Waals surface area contributed by atoms with Crippen LogP contribution in [-0.2, 0) is 0 Å². The standard InChI is InChI=1S/C17H29NO/c1-6-9-19-17-11-13(3)16(10-14(17)4)12(2)7-8-15(5)18/h10-12,15H,6-9,18H2,1-5H3. The third-order valence-electron chi connectivity index (χ3n) is 3.61. The second kappa shape index (κ2) is 7.54. The highest BCUT2D eigenvalue weighted by atomic mass is 16.5. The molecule has 2 atom stereocenters. The minimum absolute atomic E-state index is 0.288. The summed E-state index contributed by atoms with van der Waals surface area (Å²) in [5.41, 5.74) is 9.84. The van der Waals surface area contributed by atoms with Crippen LogP contribution in [-0.4, -0.2) is 12.6 Å². The lowest BCUT2D eigenvalue weighted by Gasteiger charge is -2.19. The average Bonchev–Trinajstić information content (AvgIpc) is 2.36. The number of hydrogen-bond acceptors (Lipinski definition) is 2. The average molecular weight is 263 g/mol. The molecule has 2 unspecified atom stereocenters. The zero-order valence-electron chi connectivity index (χ0n) is 13.1. The third-order valence-corrected chi connectivity index (χ3v) is 3.61. The first-order chi connectivity index (χ1) is 8.95. The Morgan fingerprint density at radius 1 is 1.11 bits per heavy atom. The molecule has 0 aromatic heterocycles. The highest BCUT2D eigenvalue weighted by Gasteiger charge is 2.12. The molecule has 2 nitrogen and oxygen atoms in total. The SMILES string of the molecule is CCCOc1cc(C)c(C(C)CCC(C)N)cc1C. The zero-order chi connectivity index (χ0) is 14.4. The zero-order valence-corrected chi connectivity index (χ0v) is 13.1. The van der Waals surface area contributed by atoms with Crippen LogP contribution in [0, 0.1) is 13.8 Å². The van der Waals surface area contributed by atoms with Crippen molar-refractivity contribution in [1.29, 1.82) is 0 Å². The van der Waals surface area contributed by atoms with E-state index in [0.717, 1.165) is 31.6 Å². The summed E-state index contributed by atoms with van der Waals surface area (Å²) in [7, 11) is 0. The van der Waals surface area contributed by atoms with Crippen molar-refractivity contribution in [2.75, 3.05) is 6.61 Å². The number of nitrogens with two attached hydrogens (primary N) is 1. The van der Waals surface area contributed by atoms with Crippen LogP contribution in [0.4, 0.5) is 0 Å². The fourth-order valence-electron chi connectivity index (χ4n) is 2.38. The predicted octanol–water partition coefficient (Wildman–Crippen LogP) is 4.32. The Bertz CT molecular complexity index is 398. The molecule has 0 bridgehead atoms. The molecule has 108 valence electrons. The monoisotopic (exact) mass is 263 g/mol. The first-order valence-corrected chi connectivity index (χ1v) is 7.45. The summed E-state index contributed by atoms with van der Waals surface area (Å²) in [6, 6.07) is 4.76. The smallest absolute Gasteiger partial charge is 0.122 e. The Morgan fingerprint density at radius 2 is 1.79 bits per heavy atom. The minimum Gasteiger partial charge on any atom is -0.493 e. The van der Waals surface area contributed by atoms with E-state index in [1.807, 2.05) is 0 Å². The Morgan fingerprint density at radius 3 is 2.37 bits per heavy atom.